The molecule has 2 aromatic rings. The Labute approximate surface area is 130 Å². The third-order valence-electron chi connectivity index (χ3n) is 3.97. The number of nitrogens with one attached hydrogen (secondary N) is 1. The number of nitrogens with zero attached hydrogens (tertiary/aromatic N) is 1. The Balaban J connectivity index is 1.71. The lowest BCUT2D eigenvalue weighted by Crippen LogP contribution is -2.33. The molecule has 0 radical (unpaired) electrons. The first-order valence-electron chi connectivity index (χ1n) is 7.65. The fourth-order valence-corrected chi connectivity index (χ4v) is 3.42. The number of benzene rings is 1. The quantitative estimate of drug-likeness (QED) is 0.903. The average molecular weight is 302 g/mol. The fraction of sp³-hybridized carbons (Fsp3) is 0.471. The van der Waals surface area contributed by atoms with E-state index in [1.54, 1.807) is 11.3 Å². The molecule has 21 heavy (non-hydrogen) atoms. The van der Waals surface area contributed by atoms with Gasteiger partial charge in [-0.1, -0.05) is 19.1 Å². The molecule has 1 saturated heterocycles. The van der Waals surface area contributed by atoms with Gasteiger partial charge in [-0.15, -0.1) is 11.3 Å². The maximum Gasteiger partial charge on any atom is 0.0901 e. The van der Waals surface area contributed by atoms with Gasteiger partial charge in [0.05, 0.1) is 16.8 Å². The molecule has 2 unspecified atom stereocenters. The van der Waals surface area contributed by atoms with Gasteiger partial charge >= 0.3 is 0 Å². The van der Waals surface area contributed by atoms with Gasteiger partial charge in [-0.3, -0.25) is 0 Å². The number of aryl methyl sites for hydroxylation is 1. The van der Waals surface area contributed by atoms with Crippen LogP contribution in [0.2, 0.25) is 0 Å². The summed E-state index contributed by atoms with van der Waals surface area (Å²) in [5, 5.41) is 6.89. The van der Waals surface area contributed by atoms with E-state index in [1.807, 2.05) is 6.92 Å². The number of anilines is 1. The molecule has 1 aromatic carbocycles. The van der Waals surface area contributed by atoms with Crippen molar-refractivity contribution >= 4 is 17.0 Å². The van der Waals surface area contributed by atoms with Crippen LogP contribution < -0.4 is 5.32 Å². The lowest BCUT2D eigenvalue weighted by atomic mass is 10.0. The highest BCUT2D eigenvalue weighted by molar-refractivity contribution is 7.09. The van der Waals surface area contributed by atoms with Crippen molar-refractivity contribution in [2.75, 3.05) is 11.9 Å². The van der Waals surface area contributed by atoms with Crippen molar-refractivity contribution in [3.63, 3.8) is 0 Å². The molecule has 3 rings (SSSR count). The van der Waals surface area contributed by atoms with Gasteiger partial charge in [-0.2, -0.15) is 0 Å². The van der Waals surface area contributed by atoms with Crippen molar-refractivity contribution in [1.29, 1.82) is 0 Å². The second-order valence-corrected chi connectivity index (χ2v) is 6.66. The molecule has 2 atom stereocenters. The topological polar surface area (TPSA) is 34.2 Å². The summed E-state index contributed by atoms with van der Waals surface area (Å²) >= 11 is 1.70. The van der Waals surface area contributed by atoms with Crippen LogP contribution in [0.5, 0.6) is 0 Å². The normalized spacial score (nSPS) is 22.2. The lowest BCUT2D eigenvalue weighted by Gasteiger charge is -2.30. The second kappa shape index (κ2) is 6.58. The maximum absolute atomic E-state index is 5.74. The predicted molar refractivity (Wildman–Crippen MR) is 89.0 cm³/mol. The molecule has 3 nitrogen and oxygen atoms in total. The van der Waals surface area contributed by atoms with Crippen LogP contribution in [0.25, 0.3) is 11.3 Å². The van der Waals surface area contributed by atoms with Crippen molar-refractivity contribution in [1.82, 2.24) is 4.98 Å². The zero-order chi connectivity index (χ0) is 14.7. The molecule has 0 bridgehead atoms. The standard InChI is InChI=1S/C17H22N2OS/c1-3-16-10-15(7-8-20-16)19-14-6-4-5-13(9-14)17-11-21-12(2)18-17/h4-6,9,11,15-16,19H,3,7-8,10H2,1-2H3. The van der Waals surface area contributed by atoms with Gasteiger partial charge < -0.3 is 10.1 Å². The van der Waals surface area contributed by atoms with E-state index in [2.05, 4.69) is 46.9 Å². The molecule has 1 aliphatic rings. The first-order chi connectivity index (χ1) is 10.2. The van der Waals surface area contributed by atoms with Crippen molar-refractivity contribution in [3.05, 3.63) is 34.7 Å². The van der Waals surface area contributed by atoms with Gasteiger partial charge in [0.1, 0.15) is 0 Å². The molecular weight excluding hydrogens is 280 g/mol. The van der Waals surface area contributed by atoms with E-state index in [1.165, 1.54) is 11.3 Å². The molecule has 0 aliphatic carbocycles. The first kappa shape index (κ1) is 14.5. The minimum Gasteiger partial charge on any atom is -0.382 e. The zero-order valence-electron chi connectivity index (χ0n) is 12.6. The van der Waals surface area contributed by atoms with Crippen LogP contribution in [0.4, 0.5) is 5.69 Å². The molecule has 112 valence electrons. The molecule has 1 aromatic heterocycles. The Morgan fingerprint density at radius 3 is 3.10 bits per heavy atom. The minimum absolute atomic E-state index is 0.403. The molecule has 1 N–H and O–H groups in total. The summed E-state index contributed by atoms with van der Waals surface area (Å²) in [5.74, 6) is 0. The summed E-state index contributed by atoms with van der Waals surface area (Å²) in [6.45, 7) is 5.10. The van der Waals surface area contributed by atoms with Crippen LogP contribution in [0.15, 0.2) is 29.6 Å². The van der Waals surface area contributed by atoms with Gasteiger partial charge in [0, 0.05) is 29.3 Å². The maximum atomic E-state index is 5.74. The summed E-state index contributed by atoms with van der Waals surface area (Å²) in [6.07, 6.45) is 3.67. The van der Waals surface area contributed by atoms with E-state index >= 15 is 0 Å². The highest BCUT2D eigenvalue weighted by Gasteiger charge is 2.21. The Kier molecular flexibility index (Phi) is 4.56. The summed E-state index contributed by atoms with van der Waals surface area (Å²) in [5.41, 5.74) is 3.43. The van der Waals surface area contributed by atoms with Crippen LogP contribution >= 0.6 is 11.3 Å². The van der Waals surface area contributed by atoms with Crippen molar-refractivity contribution in [2.24, 2.45) is 0 Å². The van der Waals surface area contributed by atoms with Crippen molar-refractivity contribution < 1.29 is 4.74 Å². The fourth-order valence-electron chi connectivity index (χ4n) is 2.80. The molecule has 0 amide bonds. The third-order valence-corrected chi connectivity index (χ3v) is 4.74. The van der Waals surface area contributed by atoms with Crippen LogP contribution in [-0.4, -0.2) is 23.7 Å². The van der Waals surface area contributed by atoms with Crippen molar-refractivity contribution in [2.45, 2.75) is 45.3 Å². The monoisotopic (exact) mass is 302 g/mol. The van der Waals surface area contributed by atoms with E-state index in [0.29, 0.717) is 12.1 Å². The summed E-state index contributed by atoms with van der Waals surface area (Å²) in [4.78, 5) is 4.56. The number of ether oxygens (including phenoxy) is 1. The van der Waals surface area contributed by atoms with Gasteiger partial charge in [0.2, 0.25) is 0 Å². The largest absolute Gasteiger partial charge is 0.382 e. The predicted octanol–water partition coefficient (Wildman–Crippen LogP) is 4.49. The van der Waals surface area contributed by atoms with Gasteiger partial charge in [-0.05, 0) is 38.3 Å². The Morgan fingerprint density at radius 2 is 2.33 bits per heavy atom. The SMILES string of the molecule is CCC1CC(Nc2cccc(-c3csc(C)n3)c2)CCO1. The van der Waals surface area contributed by atoms with E-state index in [4.69, 9.17) is 4.74 Å². The minimum atomic E-state index is 0.403. The van der Waals surface area contributed by atoms with Crippen LogP contribution in [0.1, 0.15) is 31.2 Å². The zero-order valence-corrected chi connectivity index (χ0v) is 13.5. The number of rotatable bonds is 4. The third kappa shape index (κ3) is 3.63. The first-order valence-corrected chi connectivity index (χ1v) is 8.53. The number of aromatic nitrogens is 1. The summed E-state index contributed by atoms with van der Waals surface area (Å²) in [7, 11) is 0. The summed E-state index contributed by atoms with van der Waals surface area (Å²) in [6, 6.07) is 9.07. The number of hydrogen-bond donors (Lipinski definition) is 1. The van der Waals surface area contributed by atoms with Crippen molar-refractivity contribution in [3.8, 4) is 11.3 Å². The molecule has 0 saturated carbocycles. The molecule has 1 fully saturated rings. The Bertz CT molecular complexity index is 596. The van der Waals surface area contributed by atoms with E-state index in [9.17, 15) is 0 Å². The van der Waals surface area contributed by atoms with Crippen LogP contribution in [0.3, 0.4) is 0 Å². The second-order valence-electron chi connectivity index (χ2n) is 5.60. The van der Waals surface area contributed by atoms with Crippen LogP contribution in [-0.2, 0) is 4.74 Å². The smallest absolute Gasteiger partial charge is 0.0901 e. The molecule has 2 heterocycles. The Morgan fingerprint density at radius 1 is 1.43 bits per heavy atom. The molecule has 1 aliphatic heterocycles. The lowest BCUT2D eigenvalue weighted by molar-refractivity contribution is 0.00926. The number of hydrogen-bond acceptors (Lipinski definition) is 4. The summed E-state index contributed by atoms with van der Waals surface area (Å²) < 4.78 is 5.74. The highest BCUT2D eigenvalue weighted by Crippen LogP contribution is 2.26. The number of thiazole rings is 1. The molecular formula is C17H22N2OS. The Hall–Kier alpha value is -1.39. The van der Waals surface area contributed by atoms with Gasteiger partial charge in [-0.25, -0.2) is 4.98 Å². The van der Waals surface area contributed by atoms with E-state index in [0.717, 1.165) is 36.6 Å². The van der Waals surface area contributed by atoms with Gasteiger partial charge in [0.25, 0.3) is 0 Å². The van der Waals surface area contributed by atoms with Crippen LogP contribution in [0, 0.1) is 6.92 Å². The molecule has 4 heteroatoms. The van der Waals surface area contributed by atoms with Gasteiger partial charge in [0.15, 0.2) is 0 Å². The van der Waals surface area contributed by atoms with E-state index in [-0.39, 0.29) is 0 Å². The molecule has 0 spiro atoms. The highest BCUT2D eigenvalue weighted by atomic mass is 32.1. The average Bonchev–Trinajstić information content (AvgIpc) is 2.94. The van der Waals surface area contributed by atoms with E-state index < -0.39 is 0 Å².